The number of carbonyl (C=O) groups is 1. The summed E-state index contributed by atoms with van der Waals surface area (Å²) in [5, 5.41) is 2.96. The molecule has 0 saturated carbocycles. The van der Waals surface area contributed by atoms with E-state index < -0.39 is 0 Å². The number of nitrogens with two attached hydrogens (primary N) is 1. The molecule has 2 rings (SSSR count). The van der Waals surface area contributed by atoms with Crippen molar-refractivity contribution in [3.05, 3.63) is 0 Å². The van der Waals surface area contributed by atoms with Gasteiger partial charge in [-0.3, -0.25) is 9.69 Å². The highest BCUT2D eigenvalue weighted by molar-refractivity contribution is 5.81. The van der Waals surface area contributed by atoms with Crippen LogP contribution in [0.4, 0.5) is 0 Å². The zero-order chi connectivity index (χ0) is 14.6. The van der Waals surface area contributed by atoms with Gasteiger partial charge in [0, 0.05) is 32.7 Å². The second-order valence-electron chi connectivity index (χ2n) is 6.24. The van der Waals surface area contributed by atoms with Gasteiger partial charge in [0.2, 0.25) is 5.91 Å². The first kappa shape index (κ1) is 15.7. The summed E-state index contributed by atoms with van der Waals surface area (Å²) in [5.41, 5.74) is 5.45. The van der Waals surface area contributed by atoms with Crippen LogP contribution in [-0.2, 0) is 14.3 Å². The van der Waals surface area contributed by atoms with E-state index in [1.54, 1.807) is 0 Å². The Morgan fingerprint density at radius 3 is 2.90 bits per heavy atom. The lowest BCUT2D eigenvalue weighted by molar-refractivity contribution is -0.132. The molecule has 2 aliphatic rings. The van der Waals surface area contributed by atoms with Gasteiger partial charge in [0.25, 0.3) is 0 Å². The van der Waals surface area contributed by atoms with Gasteiger partial charge in [-0.15, -0.1) is 0 Å². The Bertz CT molecular complexity index is 336. The van der Waals surface area contributed by atoms with E-state index in [1.807, 2.05) is 0 Å². The minimum Gasteiger partial charge on any atom is -0.373 e. The first-order valence-corrected chi connectivity index (χ1v) is 7.50. The number of morpholine rings is 1. The van der Waals surface area contributed by atoms with Crippen LogP contribution in [0, 0.1) is 0 Å². The average molecular weight is 285 g/mol. The Labute approximate surface area is 121 Å². The molecule has 20 heavy (non-hydrogen) atoms. The lowest BCUT2D eigenvalue weighted by Crippen LogP contribution is -2.50. The number of carbonyl (C=O) groups excluding carboxylic acids is 1. The van der Waals surface area contributed by atoms with Gasteiger partial charge in [-0.05, 0) is 26.7 Å². The van der Waals surface area contributed by atoms with Crippen LogP contribution in [0.15, 0.2) is 0 Å². The van der Waals surface area contributed by atoms with E-state index in [4.69, 9.17) is 15.2 Å². The Balaban J connectivity index is 1.64. The third kappa shape index (κ3) is 4.41. The molecule has 3 N–H and O–H groups in total. The number of nitrogens with one attached hydrogen (secondary N) is 1. The number of hydrogen-bond donors (Lipinski definition) is 2. The number of ether oxygens (including phenoxy) is 2. The molecule has 2 heterocycles. The molecule has 116 valence electrons. The summed E-state index contributed by atoms with van der Waals surface area (Å²) < 4.78 is 11.2. The summed E-state index contributed by atoms with van der Waals surface area (Å²) in [5.74, 6) is -0.00605. The minimum absolute atomic E-state index is 0.00605. The SMILES string of the molecule is CC1(C)CN(CCNC(=O)[C@@H]2CC[C@H](CN)O2)CCO1. The minimum atomic E-state index is -0.315. The van der Waals surface area contributed by atoms with Crippen LogP contribution in [0.1, 0.15) is 26.7 Å². The molecule has 2 aliphatic heterocycles. The van der Waals surface area contributed by atoms with Crippen LogP contribution in [-0.4, -0.2) is 67.9 Å². The molecule has 2 atom stereocenters. The van der Waals surface area contributed by atoms with Gasteiger partial charge in [0.05, 0.1) is 18.3 Å². The fourth-order valence-corrected chi connectivity index (χ4v) is 2.83. The lowest BCUT2D eigenvalue weighted by atomic mass is 10.1. The van der Waals surface area contributed by atoms with Crippen LogP contribution in [0.3, 0.4) is 0 Å². The average Bonchev–Trinajstić information content (AvgIpc) is 2.86. The molecule has 0 radical (unpaired) electrons. The predicted molar refractivity (Wildman–Crippen MR) is 76.4 cm³/mol. The van der Waals surface area contributed by atoms with Crippen molar-refractivity contribution >= 4 is 5.91 Å². The molecule has 0 unspecified atom stereocenters. The summed E-state index contributed by atoms with van der Waals surface area (Å²) >= 11 is 0. The zero-order valence-corrected chi connectivity index (χ0v) is 12.6. The molecule has 2 saturated heterocycles. The highest BCUT2D eigenvalue weighted by Gasteiger charge is 2.30. The highest BCUT2D eigenvalue weighted by Crippen LogP contribution is 2.19. The largest absolute Gasteiger partial charge is 0.373 e. The lowest BCUT2D eigenvalue weighted by Gasteiger charge is -2.38. The van der Waals surface area contributed by atoms with Gasteiger partial charge < -0.3 is 20.5 Å². The van der Waals surface area contributed by atoms with E-state index in [0.29, 0.717) is 13.1 Å². The fraction of sp³-hybridized carbons (Fsp3) is 0.929. The van der Waals surface area contributed by atoms with Crippen molar-refractivity contribution in [1.82, 2.24) is 10.2 Å². The van der Waals surface area contributed by atoms with Gasteiger partial charge in [0.15, 0.2) is 0 Å². The first-order valence-electron chi connectivity index (χ1n) is 7.50. The fourth-order valence-electron chi connectivity index (χ4n) is 2.83. The molecule has 0 aliphatic carbocycles. The van der Waals surface area contributed by atoms with E-state index in [1.165, 1.54) is 0 Å². The van der Waals surface area contributed by atoms with Crippen LogP contribution in [0.25, 0.3) is 0 Å². The molecule has 0 aromatic carbocycles. The normalized spacial score (nSPS) is 30.4. The maximum absolute atomic E-state index is 12.0. The van der Waals surface area contributed by atoms with E-state index >= 15 is 0 Å². The van der Waals surface area contributed by atoms with Gasteiger partial charge in [-0.2, -0.15) is 0 Å². The number of rotatable bonds is 5. The Hall–Kier alpha value is -0.690. The molecular weight excluding hydrogens is 258 g/mol. The van der Waals surface area contributed by atoms with Crippen molar-refractivity contribution in [2.45, 2.75) is 44.5 Å². The Morgan fingerprint density at radius 2 is 2.25 bits per heavy atom. The van der Waals surface area contributed by atoms with Gasteiger partial charge in [-0.25, -0.2) is 0 Å². The zero-order valence-electron chi connectivity index (χ0n) is 12.6. The molecule has 2 fully saturated rings. The summed E-state index contributed by atoms with van der Waals surface area (Å²) in [6.45, 7) is 8.77. The topological polar surface area (TPSA) is 76.8 Å². The van der Waals surface area contributed by atoms with Gasteiger partial charge in [-0.1, -0.05) is 0 Å². The summed E-state index contributed by atoms with van der Waals surface area (Å²) in [6.07, 6.45) is 1.39. The van der Waals surface area contributed by atoms with Crippen LogP contribution in [0.5, 0.6) is 0 Å². The predicted octanol–water partition coefficient (Wildman–Crippen LogP) is -0.280. The van der Waals surface area contributed by atoms with Crippen LogP contribution < -0.4 is 11.1 Å². The second kappa shape index (κ2) is 6.85. The molecule has 6 heteroatoms. The van der Waals surface area contributed by atoms with Gasteiger partial charge in [0.1, 0.15) is 6.10 Å². The van der Waals surface area contributed by atoms with Crippen molar-refractivity contribution < 1.29 is 14.3 Å². The summed E-state index contributed by atoms with van der Waals surface area (Å²) in [6, 6.07) is 0. The van der Waals surface area contributed by atoms with E-state index in [-0.39, 0.29) is 23.7 Å². The monoisotopic (exact) mass is 285 g/mol. The molecule has 0 aromatic rings. The quantitative estimate of drug-likeness (QED) is 0.726. The van der Waals surface area contributed by atoms with Crippen LogP contribution >= 0.6 is 0 Å². The molecule has 0 aromatic heterocycles. The maximum atomic E-state index is 12.0. The molecule has 6 nitrogen and oxygen atoms in total. The first-order chi connectivity index (χ1) is 9.50. The van der Waals surface area contributed by atoms with E-state index in [2.05, 4.69) is 24.1 Å². The Morgan fingerprint density at radius 1 is 1.45 bits per heavy atom. The number of hydrogen-bond acceptors (Lipinski definition) is 5. The number of amides is 1. The van der Waals surface area contributed by atoms with E-state index in [0.717, 1.165) is 39.1 Å². The second-order valence-corrected chi connectivity index (χ2v) is 6.24. The van der Waals surface area contributed by atoms with Crippen molar-refractivity contribution in [3.63, 3.8) is 0 Å². The highest BCUT2D eigenvalue weighted by atomic mass is 16.5. The molecule has 0 bridgehead atoms. The van der Waals surface area contributed by atoms with Gasteiger partial charge >= 0.3 is 0 Å². The molecule has 1 amide bonds. The van der Waals surface area contributed by atoms with Crippen LogP contribution in [0.2, 0.25) is 0 Å². The summed E-state index contributed by atoms with van der Waals surface area (Å²) in [7, 11) is 0. The standard InChI is InChI=1S/C14H27N3O3/c1-14(2)10-17(7-8-19-14)6-5-16-13(18)12-4-3-11(9-15)20-12/h11-12H,3-10,15H2,1-2H3,(H,16,18)/t11-,12+/m1/s1. The summed E-state index contributed by atoms with van der Waals surface area (Å²) in [4.78, 5) is 14.3. The molecular formula is C14H27N3O3. The third-order valence-corrected chi connectivity index (χ3v) is 3.89. The molecule has 0 spiro atoms. The smallest absolute Gasteiger partial charge is 0.249 e. The maximum Gasteiger partial charge on any atom is 0.249 e. The van der Waals surface area contributed by atoms with Crippen molar-refractivity contribution in [2.24, 2.45) is 5.73 Å². The number of nitrogens with zero attached hydrogens (tertiary/aromatic N) is 1. The van der Waals surface area contributed by atoms with E-state index in [9.17, 15) is 4.79 Å². The Kier molecular flexibility index (Phi) is 5.37. The van der Waals surface area contributed by atoms with Crippen molar-refractivity contribution in [1.29, 1.82) is 0 Å². The third-order valence-electron chi connectivity index (χ3n) is 3.89. The van der Waals surface area contributed by atoms with Crippen molar-refractivity contribution in [2.75, 3.05) is 39.3 Å². The van der Waals surface area contributed by atoms with Crippen molar-refractivity contribution in [3.8, 4) is 0 Å².